The molecule has 0 N–H and O–H groups in total. The van der Waals surface area contributed by atoms with E-state index in [1.807, 2.05) is 12.1 Å². The van der Waals surface area contributed by atoms with Crippen molar-refractivity contribution in [1.82, 2.24) is 9.80 Å². The number of likely N-dealkylation sites (tertiary alicyclic amines) is 2. The van der Waals surface area contributed by atoms with E-state index < -0.39 is 0 Å². The number of hydrogen-bond acceptors (Lipinski definition) is 3. The molecule has 1 amide bonds. The fourth-order valence-electron chi connectivity index (χ4n) is 4.01. The fraction of sp³-hybridized carbons (Fsp3) is 0.706. The maximum Gasteiger partial charge on any atom is 0.223 e. The molecule has 3 rings (SSSR count). The number of aryl methyl sites for hydroxylation is 1. The predicted molar refractivity (Wildman–Crippen MR) is 82.0 cm³/mol. The van der Waals surface area contributed by atoms with Gasteiger partial charge in [0.1, 0.15) is 5.76 Å². The van der Waals surface area contributed by atoms with Crippen LogP contribution in [0.4, 0.5) is 0 Å². The predicted octanol–water partition coefficient (Wildman–Crippen LogP) is 2.69. The lowest BCUT2D eigenvalue weighted by atomic mass is 10.0. The highest BCUT2D eigenvalue weighted by molar-refractivity contribution is 5.77. The second-order valence-corrected chi connectivity index (χ2v) is 6.21. The molecule has 2 aliphatic rings. The van der Waals surface area contributed by atoms with Crippen LogP contribution in [-0.2, 0) is 11.2 Å². The van der Waals surface area contributed by atoms with Crippen LogP contribution >= 0.6 is 0 Å². The molecule has 3 heterocycles. The molecule has 1 aromatic heterocycles. The Hall–Kier alpha value is -1.29. The zero-order valence-electron chi connectivity index (χ0n) is 13.0. The molecule has 2 aliphatic heterocycles. The molecule has 2 saturated heterocycles. The summed E-state index contributed by atoms with van der Waals surface area (Å²) in [6.07, 6.45) is 7.83. The van der Waals surface area contributed by atoms with Crippen LogP contribution in [0.15, 0.2) is 22.8 Å². The molecule has 4 nitrogen and oxygen atoms in total. The Morgan fingerprint density at radius 1 is 1.29 bits per heavy atom. The maximum atomic E-state index is 12.6. The summed E-state index contributed by atoms with van der Waals surface area (Å²) in [7, 11) is 0. The number of carbonyl (C=O) groups is 1. The summed E-state index contributed by atoms with van der Waals surface area (Å²) >= 11 is 0. The van der Waals surface area contributed by atoms with Gasteiger partial charge < -0.3 is 9.32 Å². The van der Waals surface area contributed by atoms with Crippen molar-refractivity contribution in [3.8, 4) is 0 Å². The van der Waals surface area contributed by atoms with Gasteiger partial charge in [-0.1, -0.05) is 6.92 Å². The molecule has 1 aromatic rings. The van der Waals surface area contributed by atoms with Crippen molar-refractivity contribution in [2.45, 2.75) is 57.5 Å². The van der Waals surface area contributed by atoms with E-state index in [-0.39, 0.29) is 0 Å². The maximum absolute atomic E-state index is 12.6. The van der Waals surface area contributed by atoms with Gasteiger partial charge >= 0.3 is 0 Å². The molecule has 0 spiro atoms. The first-order chi connectivity index (χ1) is 10.3. The summed E-state index contributed by atoms with van der Waals surface area (Å²) in [5, 5.41) is 0. The van der Waals surface area contributed by atoms with Crippen LogP contribution in [0.5, 0.6) is 0 Å². The van der Waals surface area contributed by atoms with Gasteiger partial charge in [0.05, 0.1) is 6.26 Å². The van der Waals surface area contributed by atoms with E-state index in [0.717, 1.165) is 31.7 Å². The van der Waals surface area contributed by atoms with E-state index in [1.54, 1.807) is 6.26 Å². The number of likely N-dealkylation sites (N-methyl/N-ethyl adjacent to an activating group) is 1. The molecule has 0 aromatic carbocycles. The summed E-state index contributed by atoms with van der Waals surface area (Å²) in [4.78, 5) is 17.3. The number of carbonyl (C=O) groups excluding carboxylic acids is 1. The Labute approximate surface area is 127 Å². The highest BCUT2D eigenvalue weighted by atomic mass is 16.3. The topological polar surface area (TPSA) is 36.7 Å². The average molecular weight is 290 g/mol. The van der Waals surface area contributed by atoms with Crippen molar-refractivity contribution in [2.24, 2.45) is 0 Å². The Morgan fingerprint density at radius 2 is 2.10 bits per heavy atom. The normalized spacial score (nSPS) is 26.6. The zero-order chi connectivity index (χ0) is 14.7. The zero-order valence-corrected chi connectivity index (χ0v) is 13.0. The Kier molecular flexibility index (Phi) is 4.63. The molecular formula is C17H26N2O2. The van der Waals surface area contributed by atoms with E-state index in [9.17, 15) is 4.79 Å². The van der Waals surface area contributed by atoms with Gasteiger partial charge in [-0.2, -0.15) is 0 Å². The monoisotopic (exact) mass is 290 g/mol. The molecule has 0 unspecified atom stereocenters. The Balaban J connectivity index is 1.59. The van der Waals surface area contributed by atoms with Gasteiger partial charge in [-0.25, -0.2) is 0 Å². The van der Waals surface area contributed by atoms with Gasteiger partial charge in [-0.15, -0.1) is 0 Å². The van der Waals surface area contributed by atoms with Crippen LogP contribution in [0, 0.1) is 0 Å². The van der Waals surface area contributed by atoms with Crippen LogP contribution in [0.25, 0.3) is 0 Å². The van der Waals surface area contributed by atoms with Gasteiger partial charge in [0.15, 0.2) is 0 Å². The van der Waals surface area contributed by atoms with E-state index in [1.165, 1.54) is 25.8 Å². The summed E-state index contributed by atoms with van der Waals surface area (Å²) in [6.45, 7) is 5.48. The first-order valence-corrected chi connectivity index (χ1v) is 8.35. The summed E-state index contributed by atoms with van der Waals surface area (Å²) < 4.78 is 5.33. The van der Waals surface area contributed by atoms with E-state index >= 15 is 0 Å². The van der Waals surface area contributed by atoms with Crippen molar-refractivity contribution in [2.75, 3.05) is 19.6 Å². The molecule has 0 aliphatic carbocycles. The largest absolute Gasteiger partial charge is 0.469 e. The SMILES string of the molecule is CCN1CCC[C@H]1[C@@H]1CCCN1C(=O)CCc1ccco1. The summed E-state index contributed by atoms with van der Waals surface area (Å²) in [6, 6.07) is 4.86. The van der Waals surface area contributed by atoms with Gasteiger partial charge in [0, 0.05) is 31.5 Å². The van der Waals surface area contributed by atoms with Crippen LogP contribution in [0.3, 0.4) is 0 Å². The fourth-order valence-corrected chi connectivity index (χ4v) is 4.01. The standard InChI is InChI=1S/C17H26N2O2/c1-2-18-11-3-7-15(18)16-8-4-12-19(16)17(20)10-9-14-6-5-13-21-14/h5-6,13,15-16H,2-4,7-12H2,1H3/t15-,16-/m0/s1. The Bertz CT molecular complexity index is 457. The number of hydrogen-bond donors (Lipinski definition) is 0. The van der Waals surface area contributed by atoms with Crippen molar-refractivity contribution < 1.29 is 9.21 Å². The van der Waals surface area contributed by atoms with Gasteiger partial charge in [-0.05, 0) is 50.9 Å². The van der Waals surface area contributed by atoms with Crippen molar-refractivity contribution in [3.05, 3.63) is 24.2 Å². The highest BCUT2D eigenvalue weighted by Gasteiger charge is 2.38. The molecule has 4 heteroatoms. The summed E-state index contributed by atoms with van der Waals surface area (Å²) in [5.74, 6) is 1.21. The van der Waals surface area contributed by atoms with E-state index in [2.05, 4.69) is 16.7 Å². The number of rotatable bonds is 5. The van der Waals surface area contributed by atoms with Crippen molar-refractivity contribution >= 4 is 5.91 Å². The minimum absolute atomic E-state index is 0.303. The van der Waals surface area contributed by atoms with Gasteiger partial charge in [0.2, 0.25) is 5.91 Å². The smallest absolute Gasteiger partial charge is 0.223 e. The number of nitrogens with zero attached hydrogens (tertiary/aromatic N) is 2. The summed E-state index contributed by atoms with van der Waals surface area (Å²) in [5.41, 5.74) is 0. The van der Waals surface area contributed by atoms with Crippen molar-refractivity contribution in [1.29, 1.82) is 0 Å². The Morgan fingerprint density at radius 3 is 2.86 bits per heavy atom. The van der Waals surface area contributed by atoms with Crippen LogP contribution in [0.1, 0.15) is 44.8 Å². The molecule has 0 bridgehead atoms. The average Bonchev–Trinajstić information content (AvgIpc) is 3.23. The first kappa shape index (κ1) is 14.6. The van der Waals surface area contributed by atoms with Crippen LogP contribution < -0.4 is 0 Å². The molecule has 0 radical (unpaired) electrons. The number of furan rings is 1. The van der Waals surface area contributed by atoms with Crippen LogP contribution in [-0.4, -0.2) is 47.4 Å². The third kappa shape index (κ3) is 3.15. The van der Waals surface area contributed by atoms with Gasteiger partial charge in [0.25, 0.3) is 0 Å². The molecule has 0 saturated carbocycles. The second-order valence-electron chi connectivity index (χ2n) is 6.21. The minimum atomic E-state index is 0.303. The second kappa shape index (κ2) is 6.65. The highest BCUT2D eigenvalue weighted by Crippen LogP contribution is 2.30. The molecule has 2 atom stereocenters. The van der Waals surface area contributed by atoms with Crippen molar-refractivity contribution in [3.63, 3.8) is 0 Å². The lowest BCUT2D eigenvalue weighted by Gasteiger charge is -2.34. The van der Waals surface area contributed by atoms with E-state index in [0.29, 0.717) is 24.4 Å². The molecular weight excluding hydrogens is 264 g/mol. The molecule has 21 heavy (non-hydrogen) atoms. The lowest BCUT2D eigenvalue weighted by Crippen LogP contribution is -2.48. The molecule has 2 fully saturated rings. The quantitative estimate of drug-likeness (QED) is 0.836. The first-order valence-electron chi connectivity index (χ1n) is 8.35. The van der Waals surface area contributed by atoms with Crippen LogP contribution in [0.2, 0.25) is 0 Å². The van der Waals surface area contributed by atoms with E-state index in [4.69, 9.17) is 4.42 Å². The lowest BCUT2D eigenvalue weighted by molar-refractivity contribution is -0.133. The van der Waals surface area contributed by atoms with Gasteiger partial charge in [-0.3, -0.25) is 9.69 Å². The number of amides is 1. The third-order valence-electron chi connectivity index (χ3n) is 5.05. The molecule has 116 valence electrons. The minimum Gasteiger partial charge on any atom is -0.469 e. The third-order valence-corrected chi connectivity index (χ3v) is 5.05.